The minimum Gasteiger partial charge on any atom is -0.494 e. The molecule has 0 spiro atoms. The lowest BCUT2D eigenvalue weighted by Gasteiger charge is -2.17. The maximum atomic E-state index is 5.98. The summed E-state index contributed by atoms with van der Waals surface area (Å²) in [5.41, 5.74) is 7.23. The van der Waals surface area contributed by atoms with Crippen LogP contribution in [0.2, 0.25) is 0 Å². The summed E-state index contributed by atoms with van der Waals surface area (Å²) in [5.74, 6) is 1.98. The number of hydrogen-bond acceptors (Lipinski definition) is 4. The molecule has 1 aliphatic carbocycles. The lowest BCUT2D eigenvalue weighted by molar-refractivity contribution is 0.302. The van der Waals surface area contributed by atoms with Crippen molar-refractivity contribution >= 4 is 22.5 Å². The minimum absolute atomic E-state index is 0.820. The molecule has 2 aliphatic rings. The molecule has 1 fully saturated rings. The van der Waals surface area contributed by atoms with Gasteiger partial charge in [0.25, 0.3) is 0 Å². The summed E-state index contributed by atoms with van der Waals surface area (Å²) in [4.78, 5) is 1.25. The minimum atomic E-state index is 0.820. The highest BCUT2D eigenvalue weighted by molar-refractivity contribution is 8.09. The van der Waals surface area contributed by atoms with Gasteiger partial charge in [0.2, 0.25) is 0 Å². The molecule has 34 heavy (non-hydrogen) atoms. The first-order chi connectivity index (χ1) is 16.8. The standard InChI is InChI=1S/C30H42N2OS/c1-2-3-4-6-12-26-15-17-27(18-16-26)30-24-31-32(34-30)28-19-21-29(22-20-28)33-23-10-5-7-11-25-13-8-9-14-25/h15-22,24-25,31H,2-14,23H2,1H3. The molecule has 3 nitrogen and oxygen atoms in total. The summed E-state index contributed by atoms with van der Waals surface area (Å²) in [6, 6.07) is 17.5. The van der Waals surface area contributed by atoms with Crippen molar-refractivity contribution in [2.24, 2.45) is 5.92 Å². The highest BCUT2D eigenvalue weighted by atomic mass is 32.2. The summed E-state index contributed by atoms with van der Waals surface area (Å²) >= 11 is 1.73. The zero-order valence-electron chi connectivity index (χ0n) is 20.9. The van der Waals surface area contributed by atoms with Gasteiger partial charge in [0.1, 0.15) is 5.75 Å². The zero-order valence-corrected chi connectivity index (χ0v) is 21.8. The molecule has 0 radical (unpaired) electrons. The summed E-state index contributed by atoms with van der Waals surface area (Å²) in [7, 11) is 0. The number of benzene rings is 2. The Kier molecular flexibility index (Phi) is 10.1. The first-order valence-electron chi connectivity index (χ1n) is 13.6. The molecule has 0 saturated heterocycles. The Morgan fingerprint density at radius 2 is 1.65 bits per heavy atom. The molecule has 0 bridgehead atoms. The summed E-state index contributed by atoms with van der Waals surface area (Å²) in [6.07, 6.45) is 19.6. The van der Waals surface area contributed by atoms with Gasteiger partial charge in [-0.3, -0.25) is 5.43 Å². The Hall–Kier alpha value is -2.07. The molecule has 1 N–H and O–H groups in total. The third-order valence-electron chi connectivity index (χ3n) is 7.13. The van der Waals surface area contributed by atoms with Crippen molar-refractivity contribution in [1.29, 1.82) is 0 Å². The van der Waals surface area contributed by atoms with Crippen LogP contribution in [-0.2, 0) is 6.42 Å². The van der Waals surface area contributed by atoms with E-state index < -0.39 is 0 Å². The number of nitrogens with one attached hydrogen (secondary N) is 1. The van der Waals surface area contributed by atoms with Crippen LogP contribution >= 0.6 is 11.9 Å². The summed E-state index contributed by atoms with van der Waals surface area (Å²) in [6.45, 7) is 3.09. The molecule has 0 unspecified atom stereocenters. The van der Waals surface area contributed by atoms with Gasteiger partial charge in [-0.05, 0) is 60.6 Å². The number of unbranched alkanes of at least 4 members (excludes halogenated alkanes) is 5. The van der Waals surface area contributed by atoms with Crippen molar-refractivity contribution in [3.8, 4) is 5.75 Å². The fourth-order valence-corrected chi connectivity index (χ4v) is 5.88. The van der Waals surface area contributed by atoms with Crippen molar-refractivity contribution in [1.82, 2.24) is 5.43 Å². The summed E-state index contributed by atoms with van der Waals surface area (Å²) in [5, 5.41) is 0. The molecule has 0 atom stereocenters. The van der Waals surface area contributed by atoms with Crippen LogP contribution in [0.4, 0.5) is 5.69 Å². The number of hydrazine groups is 1. The van der Waals surface area contributed by atoms with E-state index in [0.29, 0.717) is 0 Å². The van der Waals surface area contributed by atoms with Crippen LogP contribution in [0.25, 0.3) is 4.91 Å². The normalized spacial score (nSPS) is 16.0. The van der Waals surface area contributed by atoms with Crippen LogP contribution in [0.3, 0.4) is 0 Å². The average molecular weight is 479 g/mol. The van der Waals surface area contributed by atoms with Crippen LogP contribution in [0.1, 0.15) is 95.1 Å². The van der Waals surface area contributed by atoms with Crippen LogP contribution in [0.15, 0.2) is 54.7 Å². The fourth-order valence-electron chi connectivity index (χ4n) is 5.00. The number of hydrogen-bond donors (Lipinski definition) is 1. The fraction of sp³-hybridized carbons (Fsp3) is 0.533. The number of aryl methyl sites for hydroxylation is 1. The van der Waals surface area contributed by atoms with Crippen molar-refractivity contribution < 1.29 is 4.74 Å². The highest BCUT2D eigenvalue weighted by Gasteiger charge is 2.17. The van der Waals surface area contributed by atoms with Crippen molar-refractivity contribution in [2.45, 2.75) is 90.4 Å². The van der Waals surface area contributed by atoms with Crippen LogP contribution in [0, 0.1) is 5.92 Å². The van der Waals surface area contributed by atoms with Gasteiger partial charge in [-0.1, -0.05) is 95.4 Å². The molecule has 4 heteroatoms. The van der Waals surface area contributed by atoms with Crippen molar-refractivity contribution in [2.75, 3.05) is 11.0 Å². The second kappa shape index (κ2) is 13.7. The molecule has 4 rings (SSSR count). The first kappa shape index (κ1) is 25.0. The van der Waals surface area contributed by atoms with Crippen molar-refractivity contribution in [3.63, 3.8) is 0 Å². The quantitative estimate of drug-likeness (QED) is 0.216. The Balaban J connectivity index is 1.15. The van der Waals surface area contributed by atoms with E-state index >= 15 is 0 Å². The summed E-state index contributed by atoms with van der Waals surface area (Å²) < 4.78 is 8.09. The molecule has 0 aromatic heterocycles. The van der Waals surface area contributed by atoms with E-state index in [1.165, 1.54) is 93.1 Å². The van der Waals surface area contributed by atoms with Gasteiger partial charge < -0.3 is 4.74 Å². The van der Waals surface area contributed by atoms with E-state index in [2.05, 4.69) is 71.5 Å². The lowest BCUT2D eigenvalue weighted by atomic mass is 10.0. The predicted octanol–water partition coefficient (Wildman–Crippen LogP) is 8.91. The second-order valence-corrected chi connectivity index (χ2v) is 10.9. The third kappa shape index (κ3) is 7.73. The Morgan fingerprint density at radius 3 is 2.41 bits per heavy atom. The molecular weight excluding hydrogens is 436 g/mol. The van der Waals surface area contributed by atoms with Crippen LogP contribution < -0.4 is 14.6 Å². The maximum Gasteiger partial charge on any atom is 0.119 e. The van der Waals surface area contributed by atoms with Crippen LogP contribution in [-0.4, -0.2) is 6.61 Å². The molecule has 2 aromatic rings. The van der Waals surface area contributed by atoms with Crippen LogP contribution in [0.5, 0.6) is 5.75 Å². The predicted molar refractivity (Wildman–Crippen MR) is 148 cm³/mol. The van der Waals surface area contributed by atoms with E-state index in [-0.39, 0.29) is 0 Å². The van der Waals surface area contributed by atoms with E-state index in [4.69, 9.17) is 4.74 Å². The molecule has 2 aromatic carbocycles. The van der Waals surface area contributed by atoms with E-state index in [9.17, 15) is 0 Å². The molecule has 184 valence electrons. The molecular formula is C30H42N2OS. The topological polar surface area (TPSA) is 24.5 Å². The van der Waals surface area contributed by atoms with Gasteiger partial charge in [0, 0.05) is 18.1 Å². The number of anilines is 1. The van der Waals surface area contributed by atoms with E-state index in [0.717, 1.165) is 30.4 Å². The lowest BCUT2D eigenvalue weighted by Crippen LogP contribution is -2.22. The molecule has 1 heterocycles. The van der Waals surface area contributed by atoms with Gasteiger partial charge >= 0.3 is 0 Å². The smallest absolute Gasteiger partial charge is 0.119 e. The largest absolute Gasteiger partial charge is 0.494 e. The number of nitrogens with zero attached hydrogens (tertiary/aromatic N) is 1. The van der Waals surface area contributed by atoms with Gasteiger partial charge in [-0.25, -0.2) is 4.41 Å². The van der Waals surface area contributed by atoms with E-state index in [1.807, 2.05) is 0 Å². The van der Waals surface area contributed by atoms with E-state index in [1.54, 1.807) is 11.9 Å². The number of rotatable bonds is 14. The molecule has 1 aliphatic heterocycles. The second-order valence-electron chi connectivity index (χ2n) is 9.87. The monoisotopic (exact) mass is 478 g/mol. The average Bonchev–Trinajstić information content (AvgIpc) is 3.58. The maximum absolute atomic E-state index is 5.98. The SMILES string of the molecule is CCCCCCc1ccc(C2=CNN(c3ccc(OCCCCCC4CCCC4)cc3)S2)cc1. The first-order valence-corrected chi connectivity index (χ1v) is 14.4. The zero-order chi connectivity index (χ0) is 23.4. The van der Waals surface area contributed by atoms with Gasteiger partial charge in [0.05, 0.1) is 17.2 Å². The van der Waals surface area contributed by atoms with Gasteiger partial charge in [-0.15, -0.1) is 0 Å². The van der Waals surface area contributed by atoms with Gasteiger partial charge in [-0.2, -0.15) is 0 Å². The molecule has 1 saturated carbocycles. The Bertz CT molecular complexity index is 872. The van der Waals surface area contributed by atoms with Gasteiger partial charge in [0.15, 0.2) is 0 Å². The Labute approximate surface area is 211 Å². The molecule has 0 amide bonds. The number of ether oxygens (including phenoxy) is 1. The highest BCUT2D eigenvalue weighted by Crippen LogP contribution is 2.37. The van der Waals surface area contributed by atoms with Crippen molar-refractivity contribution in [3.05, 3.63) is 65.9 Å². The Morgan fingerprint density at radius 1 is 0.882 bits per heavy atom. The third-order valence-corrected chi connectivity index (χ3v) is 8.18.